The molecule has 0 spiro atoms. The standard InChI is InChI=1S/C28H25N7O8S2/c1-34(23(38)14-7-3-2-4-8-14)27(42)30-17-10-6-5-9-15(17)11-18(36)31-19-24(39)35-20(26(40)41)16(12-44-25(19)35)13-45-28-33-32-22(43-28)21(29)37/h2-10,19,25H,11-13H2,1H3,(H2,29,37)(H,30,42)(H,31,36)(H,40,41)/t19?,25-/m1/s1. The van der Waals surface area contributed by atoms with Crippen molar-refractivity contribution in [2.45, 2.75) is 23.1 Å². The van der Waals surface area contributed by atoms with Gasteiger partial charge in [0.15, 0.2) is 0 Å². The molecule has 3 heterocycles. The SMILES string of the molecule is CN(C(=O)Nc1ccccc1CC(=O)NC1C(=O)N2C(C(=O)O)=C(CSc3nnc(C(N)=O)o3)CS[C@H]12)C(=O)c1ccccc1. The van der Waals surface area contributed by atoms with E-state index in [1.807, 2.05) is 0 Å². The lowest BCUT2D eigenvalue weighted by molar-refractivity contribution is -0.150. The Morgan fingerprint density at radius 3 is 2.51 bits per heavy atom. The normalized spacial score (nSPS) is 17.2. The average molecular weight is 652 g/mol. The molecule has 3 aromatic rings. The number of β-lactam (4-membered cyclic amide) rings is 1. The molecule has 2 atom stereocenters. The first-order valence-electron chi connectivity index (χ1n) is 13.2. The summed E-state index contributed by atoms with van der Waals surface area (Å²) >= 11 is 2.28. The molecule has 5 rings (SSSR count). The molecule has 15 nitrogen and oxygen atoms in total. The van der Waals surface area contributed by atoms with E-state index in [9.17, 15) is 33.9 Å². The zero-order valence-corrected chi connectivity index (χ0v) is 25.1. The second-order valence-electron chi connectivity index (χ2n) is 9.73. The summed E-state index contributed by atoms with van der Waals surface area (Å²) in [6.45, 7) is 0. The number of para-hydroxylation sites is 1. The number of benzene rings is 2. The average Bonchev–Trinajstić information content (AvgIpc) is 3.52. The van der Waals surface area contributed by atoms with Crippen molar-refractivity contribution in [1.82, 2.24) is 25.3 Å². The van der Waals surface area contributed by atoms with Crippen LogP contribution < -0.4 is 16.4 Å². The van der Waals surface area contributed by atoms with Gasteiger partial charge in [-0.2, -0.15) is 0 Å². The number of rotatable bonds is 10. The van der Waals surface area contributed by atoms with Gasteiger partial charge in [0.05, 0.1) is 6.42 Å². The van der Waals surface area contributed by atoms with Crippen LogP contribution >= 0.6 is 23.5 Å². The smallest absolute Gasteiger partial charge is 0.352 e. The predicted octanol–water partition coefficient (Wildman–Crippen LogP) is 1.55. The van der Waals surface area contributed by atoms with Gasteiger partial charge in [0, 0.05) is 29.8 Å². The number of thioether (sulfide) groups is 2. The molecular weight excluding hydrogens is 626 g/mol. The van der Waals surface area contributed by atoms with Crippen molar-refractivity contribution < 1.29 is 38.3 Å². The van der Waals surface area contributed by atoms with E-state index >= 15 is 0 Å². The molecule has 0 bridgehead atoms. The number of aliphatic carboxylic acids is 1. The summed E-state index contributed by atoms with van der Waals surface area (Å²) in [5.74, 6) is -3.86. The number of carboxylic acid groups (broad SMARTS) is 1. The van der Waals surface area contributed by atoms with Gasteiger partial charge in [-0.1, -0.05) is 48.2 Å². The molecule has 17 heteroatoms. The Hall–Kier alpha value is -5.16. The summed E-state index contributed by atoms with van der Waals surface area (Å²) in [5, 5.41) is 21.8. The zero-order valence-electron chi connectivity index (χ0n) is 23.5. The van der Waals surface area contributed by atoms with Gasteiger partial charge >= 0.3 is 23.8 Å². The number of nitrogens with one attached hydrogen (secondary N) is 2. The fourth-order valence-corrected chi connectivity index (χ4v) is 6.82. The molecule has 1 aromatic heterocycles. The first kappa shape index (κ1) is 31.3. The number of hydrogen-bond acceptors (Lipinski definition) is 11. The van der Waals surface area contributed by atoms with E-state index < -0.39 is 47.0 Å². The third-order valence-corrected chi connectivity index (χ3v) is 9.04. The fourth-order valence-electron chi connectivity index (χ4n) is 4.57. The summed E-state index contributed by atoms with van der Waals surface area (Å²) in [6.07, 6.45) is -0.199. The molecule has 1 fully saturated rings. The number of nitrogens with zero attached hydrogens (tertiary/aromatic N) is 4. The summed E-state index contributed by atoms with van der Waals surface area (Å²) in [5.41, 5.74) is 6.41. The van der Waals surface area contributed by atoms with E-state index in [2.05, 4.69) is 20.8 Å². The van der Waals surface area contributed by atoms with E-state index in [1.165, 1.54) is 18.8 Å². The van der Waals surface area contributed by atoms with Crippen molar-refractivity contribution in [3.63, 3.8) is 0 Å². The highest BCUT2D eigenvalue weighted by Crippen LogP contribution is 2.41. The second-order valence-corrected chi connectivity index (χ2v) is 11.8. The minimum Gasteiger partial charge on any atom is -0.477 e. The number of hydrogen-bond donors (Lipinski definition) is 4. The van der Waals surface area contributed by atoms with Gasteiger partial charge in [0.2, 0.25) is 5.91 Å². The van der Waals surface area contributed by atoms with Crippen LogP contribution in [0.25, 0.3) is 0 Å². The number of fused-ring (bicyclic) bond motifs is 1. The molecule has 1 unspecified atom stereocenters. The summed E-state index contributed by atoms with van der Waals surface area (Å²) in [6, 6.07) is 13.2. The van der Waals surface area contributed by atoms with Crippen LogP contribution in [-0.2, 0) is 20.8 Å². The third kappa shape index (κ3) is 6.68. The number of primary amides is 1. The summed E-state index contributed by atoms with van der Waals surface area (Å²) < 4.78 is 5.12. The highest BCUT2D eigenvalue weighted by atomic mass is 32.2. The summed E-state index contributed by atoms with van der Waals surface area (Å²) in [4.78, 5) is 76.9. The van der Waals surface area contributed by atoms with Gasteiger partial charge in [-0.05, 0) is 29.3 Å². The van der Waals surface area contributed by atoms with Crippen LogP contribution in [0.1, 0.15) is 26.6 Å². The van der Waals surface area contributed by atoms with Crippen molar-refractivity contribution in [2.24, 2.45) is 5.73 Å². The molecule has 2 aliphatic heterocycles. The monoisotopic (exact) mass is 651 g/mol. The number of imide groups is 1. The van der Waals surface area contributed by atoms with Crippen molar-refractivity contribution in [2.75, 3.05) is 23.9 Å². The Balaban J connectivity index is 1.21. The molecule has 0 aliphatic carbocycles. The predicted molar refractivity (Wildman–Crippen MR) is 161 cm³/mol. The second kappa shape index (κ2) is 13.2. The number of carbonyl (C=O) groups is 6. The van der Waals surface area contributed by atoms with E-state index in [0.29, 0.717) is 22.4 Å². The van der Waals surface area contributed by atoms with E-state index in [4.69, 9.17) is 10.2 Å². The van der Waals surface area contributed by atoms with E-state index in [-0.39, 0.29) is 34.7 Å². The van der Waals surface area contributed by atoms with Gasteiger partial charge in [0.25, 0.3) is 17.0 Å². The van der Waals surface area contributed by atoms with Crippen LogP contribution in [0.2, 0.25) is 0 Å². The maximum absolute atomic E-state index is 13.1. The van der Waals surface area contributed by atoms with Gasteiger partial charge in [-0.25, -0.2) is 9.59 Å². The van der Waals surface area contributed by atoms with Crippen LogP contribution in [0.15, 0.2) is 75.5 Å². The molecule has 2 aliphatic rings. The van der Waals surface area contributed by atoms with E-state index in [0.717, 1.165) is 21.6 Å². The Bertz CT molecular complexity index is 1730. The lowest BCUT2D eigenvalue weighted by atomic mass is 10.0. The number of urea groups is 1. The number of nitrogens with two attached hydrogens (primary N) is 1. The zero-order chi connectivity index (χ0) is 32.2. The van der Waals surface area contributed by atoms with Crippen LogP contribution in [-0.4, -0.2) is 90.7 Å². The topological polar surface area (TPSA) is 218 Å². The van der Waals surface area contributed by atoms with Crippen LogP contribution in [0.4, 0.5) is 10.5 Å². The van der Waals surface area contributed by atoms with Gasteiger partial charge in [-0.3, -0.25) is 29.0 Å². The quantitative estimate of drug-likeness (QED) is 0.181. The fraction of sp³-hybridized carbons (Fsp3) is 0.214. The Labute approximate surface area is 263 Å². The first-order chi connectivity index (χ1) is 21.5. The number of carboxylic acids is 1. The van der Waals surface area contributed by atoms with Crippen molar-refractivity contribution >= 4 is 64.8 Å². The number of carbonyl (C=O) groups excluding carboxylic acids is 5. The summed E-state index contributed by atoms with van der Waals surface area (Å²) in [7, 11) is 1.34. The first-order valence-corrected chi connectivity index (χ1v) is 15.3. The molecule has 45 heavy (non-hydrogen) atoms. The Kier molecular flexibility index (Phi) is 9.19. The highest BCUT2D eigenvalue weighted by Gasteiger charge is 2.54. The number of aromatic nitrogens is 2. The van der Waals surface area contributed by atoms with Crippen molar-refractivity contribution in [3.05, 3.63) is 82.9 Å². The largest absolute Gasteiger partial charge is 0.477 e. The van der Waals surface area contributed by atoms with Gasteiger partial charge < -0.3 is 25.9 Å². The lowest BCUT2D eigenvalue weighted by Crippen LogP contribution is -2.70. The Morgan fingerprint density at radius 2 is 1.82 bits per heavy atom. The molecule has 2 aromatic carbocycles. The molecular formula is C28H25N7O8S2. The molecule has 232 valence electrons. The van der Waals surface area contributed by atoms with Gasteiger partial charge in [-0.15, -0.1) is 22.0 Å². The lowest BCUT2D eigenvalue weighted by Gasteiger charge is -2.49. The molecule has 0 radical (unpaired) electrons. The maximum atomic E-state index is 13.1. The molecule has 0 saturated carbocycles. The van der Waals surface area contributed by atoms with Crippen LogP contribution in [0.3, 0.4) is 0 Å². The number of amides is 6. The van der Waals surface area contributed by atoms with Crippen molar-refractivity contribution in [1.29, 1.82) is 0 Å². The molecule has 1 saturated heterocycles. The third-order valence-electron chi connectivity index (χ3n) is 6.79. The van der Waals surface area contributed by atoms with Gasteiger partial charge in [0.1, 0.15) is 17.1 Å². The van der Waals surface area contributed by atoms with Crippen LogP contribution in [0.5, 0.6) is 0 Å². The Morgan fingerprint density at radius 1 is 1.11 bits per heavy atom. The van der Waals surface area contributed by atoms with Crippen molar-refractivity contribution in [3.8, 4) is 0 Å². The minimum absolute atomic E-state index is 0.0131. The molecule has 5 N–H and O–H groups in total. The highest BCUT2D eigenvalue weighted by molar-refractivity contribution is 8.01. The maximum Gasteiger partial charge on any atom is 0.352 e. The number of anilines is 1. The minimum atomic E-state index is -1.31. The molecule has 6 amide bonds. The van der Waals surface area contributed by atoms with Crippen LogP contribution in [0, 0.1) is 0 Å². The van der Waals surface area contributed by atoms with E-state index in [1.54, 1.807) is 54.6 Å².